The number of rotatable bonds is 15. The fourth-order valence-electron chi connectivity index (χ4n) is 2.87. The van der Waals surface area contributed by atoms with Gasteiger partial charge in [0.25, 0.3) is 0 Å². The van der Waals surface area contributed by atoms with Gasteiger partial charge < -0.3 is 14.8 Å². The monoisotopic (exact) mass is 386 g/mol. The van der Waals surface area contributed by atoms with E-state index in [1.165, 1.54) is 13.8 Å². The maximum absolute atomic E-state index is 12.7. The van der Waals surface area contributed by atoms with Crippen LogP contribution in [0.25, 0.3) is 0 Å². The first-order valence-corrected chi connectivity index (χ1v) is 9.73. The third-order valence-corrected chi connectivity index (χ3v) is 4.34. The van der Waals surface area contributed by atoms with Crippen LogP contribution in [0.3, 0.4) is 0 Å². The van der Waals surface area contributed by atoms with Crippen LogP contribution in [-0.4, -0.2) is 74.5 Å². The van der Waals surface area contributed by atoms with Gasteiger partial charge in [-0.3, -0.25) is 19.3 Å². The second-order valence-corrected chi connectivity index (χ2v) is 7.69. The second-order valence-electron chi connectivity index (χ2n) is 7.69. The van der Waals surface area contributed by atoms with Crippen LogP contribution in [0.4, 0.5) is 0 Å². The van der Waals surface area contributed by atoms with Crippen molar-refractivity contribution in [3.63, 3.8) is 0 Å². The molecule has 7 nitrogen and oxygen atoms in total. The first-order valence-electron chi connectivity index (χ1n) is 9.73. The molecule has 0 aliphatic rings. The van der Waals surface area contributed by atoms with E-state index in [0.717, 1.165) is 0 Å². The number of ether oxygens (including phenoxy) is 2. The van der Waals surface area contributed by atoms with Gasteiger partial charge in [-0.05, 0) is 32.7 Å². The third kappa shape index (κ3) is 11.2. The molecule has 0 saturated heterocycles. The molecule has 2 unspecified atom stereocenters. The molecule has 0 rings (SSSR count). The van der Waals surface area contributed by atoms with Crippen LogP contribution in [0.5, 0.6) is 0 Å². The Kier molecular flexibility index (Phi) is 13.1. The number of nitrogens with zero attached hydrogens (tertiary/aromatic N) is 1. The molecule has 0 aliphatic carbocycles. The van der Waals surface area contributed by atoms with Gasteiger partial charge in [0, 0.05) is 13.0 Å². The van der Waals surface area contributed by atoms with Gasteiger partial charge in [-0.1, -0.05) is 27.7 Å². The number of carbonyl (C=O) groups is 3. The van der Waals surface area contributed by atoms with E-state index < -0.39 is 6.04 Å². The van der Waals surface area contributed by atoms with Crippen LogP contribution in [0.15, 0.2) is 0 Å². The van der Waals surface area contributed by atoms with E-state index in [-0.39, 0.29) is 35.4 Å². The third-order valence-electron chi connectivity index (χ3n) is 4.34. The largest absolute Gasteiger partial charge is 0.379 e. The lowest BCUT2D eigenvalue weighted by molar-refractivity contribution is -0.132. The van der Waals surface area contributed by atoms with Crippen molar-refractivity contribution in [1.82, 2.24) is 10.2 Å². The van der Waals surface area contributed by atoms with Crippen molar-refractivity contribution in [3.05, 3.63) is 0 Å². The number of amides is 1. The molecule has 0 heterocycles. The van der Waals surface area contributed by atoms with Crippen molar-refractivity contribution in [2.45, 2.75) is 60.0 Å². The zero-order valence-electron chi connectivity index (χ0n) is 18.0. The summed E-state index contributed by atoms with van der Waals surface area (Å²) in [4.78, 5) is 37.2. The van der Waals surface area contributed by atoms with Gasteiger partial charge in [-0.15, -0.1) is 0 Å². The highest BCUT2D eigenvalue weighted by molar-refractivity contribution is 5.89. The Morgan fingerprint density at radius 2 is 1.44 bits per heavy atom. The van der Waals surface area contributed by atoms with E-state index >= 15 is 0 Å². The lowest BCUT2D eigenvalue weighted by atomic mass is 9.97. The van der Waals surface area contributed by atoms with Gasteiger partial charge in [0.15, 0.2) is 5.78 Å². The molecular formula is C20H38N2O5. The van der Waals surface area contributed by atoms with E-state index in [4.69, 9.17) is 9.47 Å². The molecule has 0 saturated carbocycles. The first-order chi connectivity index (χ1) is 12.6. The molecule has 2 atom stereocenters. The Labute approximate surface area is 164 Å². The van der Waals surface area contributed by atoms with Crippen LogP contribution in [0, 0.1) is 11.8 Å². The molecule has 0 aromatic rings. The molecule has 0 spiro atoms. The summed E-state index contributed by atoms with van der Waals surface area (Å²) >= 11 is 0. The van der Waals surface area contributed by atoms with Crippen LogP contribution in [0.1, 0.15) is 48.0 Å². The summed E-state index contributed by atoms with van der Waals surface area (Å²) in [6.07, 6.45) is 0.422. The first kappa shape index (κ1) is 25.7. The highest BCUT2D eigenvalue weighted by Crippen LogP contribution is 2.11. The van der Waals surface area contributed by atoms with Crippen LogP contribution >= 0.6 is 0 Å². The van der Waals surface area contributed by atoms with Gasteiger partial charge >= 0.3 is 0 Å². The topological polar surface area (TPSA) is 84.9 Å². The minimum atomic E-state index is -0.462. The van der Waals surface area contributed by atoms with E-state index in [2.05, 4.69) is 5.32 Å². The molecule has 1 N–H and O–H groups in total. The number of ketones is 2. The summed E-state index contributed by atoms with van der Waals surface area (Å²) < 4.78 is 10.8. The van der Waals surface area contributed by atoms with Crippen LogP contribution < -0.4 is 5.32 Å². The zero-order chi connectivity index (χ0) is 21.0. The van der Waals surface area contributed by atoms with E-state index in [0.29, 0.717) is 39.4 Å². The second kappa shape index (κ2) is 13.8. The Morgan fingerprint density at radius 1 is 0.889 bits per heavy atom. The molecule has 0 aromatic heterocycles. The van der Waals surface area contributed by atoms with Crippen molar-refractivity contribution >= 4 is 17.5 Å². The number of Topliss-reactive ketones (excluding diaryl/α,β-unsaturated/α-hetero) is 2. The molecule has 158 valence electrons. The van der Waals surface area contributed by atoms with Gasteiger partial charge in [-0.2, -0.15) is 0 Å². The number of likely N-dealkylation sites (N-methyl/N-ethyl adjacent to an activating group) is 1. The maximum atomic E-state index is 12.7. The van der Waals surface area contributed by atoms with Crippen molar-refractivity contribution in [3.8, 4) is 0 Å². The summed E-state index contributed by atoms with van der Waals surface area (Å²) in [7, 11) is 1.88. The van der Waals surface area contributed by atoms with Gasteiger partial charge in [0.2, 0.25) is 5.91 Å². The van der Waals surface area contributed by atoms with Gasteiger partial charge in [0.05, 0.1) is 38.5 Å². The highest BCUT2D eigenvalue weighted by atomic mass is 16.5. The number of carbonyl (C=O) groups excluding carboxylic acids is 3. The molecule has 7 heteroatoms. The average molecular weight is 387 g/mol. The minimum absolute atomic E-state index is 0.0309. The lowest BCUT2D eigenvalue weighted by Crippen LogP contribution is -2.54. The van der Waals surface area contributed by atoms with Crippen molar-refractivity contribution in [1.29, 1.82) is 0 Å². The lowest BCUT2D eigenvalue weighted by Gasteiger charge is -2.32. The van der Waals surface area contributed by atoms with Crippen LogP contribution in [-0.2, 0) is 23.9 Å². The molecule has 1 amide bonds. The van der Waals surface area contributed by atoms with Crippen molar-refractivity contribution < 1.29 is 23.9 Å². The smallest absolute Gasteiger partial charge is 0.238 e. The number of hydrogen-bond acceptors (Lipinski definition) is 6. The molecule has 0 radical (unpaired) electrons. The van der Waals surface area contributed by atoms with E-state index in [9.17, 15) is 14.4 Å². The van der Waals surface area contributed by atoms with Crippen molar-refractivity contribution in [2.75, 3.05) is 40.0 Å². The molecule has 0 aliphatic heterocycles. The molecule has 0 fully saturated rings. The standard InChI is InChI=1S/C20H38N2O5/c1-14(2)18(17(6)24)21-20(25)19(15(3)4)22(7)9-11-27-13-12-26-10-8-16(5)23/h14-15,18-19H,8-13H2,1-7H3,(H,21,25). The fraction of sp³-hybridized carbons (Fsp3) is 0.850. The molecule has 27 heavy (non-hydrogen) atoms. The summed E-state index contributed by atoms with van der Waals surface area (Å²) in [6, 6.07) is -0.795. The Morgan fingerprint density at radius 3 is 1.89 bits per heavy atom. The Balaban J connectivity index is 4.35. The summed E-state index contributed by atoms with van der Waals surface area (Å²) in [6.45, 7) is 13.2. The summed E-state index contributed by atoms with van der Waals surface area (Å²) in [5.74, 6) is 0.103. The number of nitrogens with one attached hydrogen (secondary N) is 1. The summed E-state index contributed by atoms with van der Waals surface area (Å²) in [5.41, 5.74) is 0. The predicted molar refractivity (Wildman–Crippen MR) is 106 cm³/mol. The van der Waals surface area contributed by atoms with Crippen molar-refractivity contribution in [2.24, 2.45) is 11.8 Å². The SMILES string of the molecule is CC(=O)CCOCCOCCN(C)C(C(=O)NC(C(C)=O)C(C)C)C(C)C. The minimum Gasteiger partial charge on any atom is -0.379 e. The maximum Gasteiger partial charge on any atom is 0.238 e. The normalized spacial score (nSPS) is 13.9. The zero-order valence-corrected chi connectivity index (χ0v) is 18.0. The van der Waals surface area contributed by atoms with Gasteiger partial charge in [0.1, 0.15) is 5.78 Å². The molecular weight excluding hydrogens is 348 g/mol. The van der Waals surface area contributed by atoms with E-state index in [1.807, 2.05) is 39.6 Å². The number of hydrogen-bond donors (Lipinski definition) is 1. The molecule has 0 aromatic carbocycles. The quantitative estimate of drug-likeness (QED) is 0.431. The summed E-state index contributed by atoms with van der Waals surface area (Å²) in [5, 5.41) is 2.89. The Hall–Kier alpha value is -1.31. The Bertz CT molecular complexity index is 465. The van der Waals surface area contributed by atoms with E-state index in [1.54, 1.807) is 0 Å². The average Bonchev–Trinajstić information content (AvgIpc) is 2.53. The van der Waals surface area contributed by atoms with Gasteiger partial charge in [-0.25, -0.2) is 0 Å². The molecule has 0 bridgehead atoms. The highest BCUT2D eigenvalue weighted by Gasteiger charge is 2.30. The fourth-order valence-corrected chi connectivity index (χ4v) is 2.87. The van der Waals surface area contributed by atoms with Crippen LogP contribution in [0.2, 0.25) is 0 Å². The predicted octanol–water partition coefficient (Wildman–Crippen LogP) is 1.68.